The molecule has 0 saturated carbocycles. The Morgan fingerprint density at radius 1 is 1.18 bits per heavy atom. The molecule has 8 heteroatoms. The first-order chi connectivity index (χ1) is 13.1. The quantitative estimate of drug-likeness (QED) is 0.673. The Hall–Kier alpha value is -1.25. The zero-order valence-corrected chi connectivity index (χ0v) is 18.9. The van der Waals surface area contributed by atoms with Gasteiger partial charge >= 0.3 is 0 Å². The number of hydrogen-bond donors (Lipinski definition) is 1. The van der Waals surface area contributed by atoms with Crippen LogP contribution >= 0.6 is 11.8 Å². The average molecular weight is 429 g/mol. The molecule has 0 unspecified atom stereocenters. The summed E-state index contributed by atoms with van der Waals surface area (Å²) in [7, 11) is -2.20. The lowest BCUT2D eigenvalue weighted by Gasteiger charge is -2.22. The minimum Gasteiger partial charge on any atom is -0.496 e. The van der Waals surface area contributed by atoms with E-state index < -0.39 is 10.0 Å². The van der Waals surface area contributed by atoms with Crippen molar-refractivity contribution in [1.29, 1.82) is 0 Å². The standard InChI is InChI=1S/C20H32N2O4S2/c1-20(2,3)27-14-11-21-28(24,25)16-9-10-18(26-4)17(15-16)19(23)22-12-7-5-6-8-13-22/h9-10,15,21H,5-8,11-14H2,1-4H3. The Morgan fingerprint density at radius 2 is 1.82 bits per heavy atom. The molecule has 1 aliphatic rings. The van der Waals surface area contributed by atoms with E-state index >= 15 is 0 Å². The molecule has 0 radical (unpaired) electrons. The molecule has 0 atom stereocenters. The van der Waals surface area contributed by atoms with Crippen LogP contribution in [0.3, 0.4) is 0 Å². The lowest BCUT2D eigenvalue weighted by Crippen LogP contribution is -2.32. The van der Waals surface area contributed by atoms with Crippen LogP contribution in [0.1, 0.15) is 56.8 Å². The van der Waals surface area contributed by atoms with Gasteiger partial charge in [-0.1, -0.05) is 33.6 Å². The van der Waals surface area contributed by atoms with Gasteiger partial charge in [0.1, 0.15) is 5.75 Å². The summed E-state index contributed by atoms with van der Waals surface area (Å²) in [4.78, 5) is 14.9. The van der Waals surface area contributed by atoms with E-state index in [1.807, 2.05) is 0 Å². The summed E-state index contributed by atoms with van der Waals surface area (Å²) in [5.74, 6) is 0.911. The van der Waals surface area contributed by atoms with Crippen molar-refractivity contribution in [3.05, 3.63) is 23.8 Å². The molecule has 6 nitrogen and oxygen atoms in total. The van der Waals surface area contributed by atoms with Crippen LogP contribution in [0, 0.1) is 0 Å². The summed E-state index contributed by atoms with van der Waals surface area (Å²) in [5, 5.41) is 0. The molecule has 0 bridgehead atoms. The van der Waals surface area contributed by atoms with Crippen molar-refractivity contribution in [2.45, 2.75) is 56.1 Å². The van der Waals surface area contributed by atoms with Crippen LogP contribution in [0.2, 0.25) is 0 Å². The molecule has 1 fully saturated rings. The molecule has 2 rings (SSSR count). The largest absolute Gasteiger partial charge is 0.496 e. The van der Waals surface area contributed by atoms with Crippen LogP contribution in [0.5, 0.6) is 5.75 Å². The normalized spacial score (nSPS) is 15.9. The molecule has 0 aromatic heterocycles. The van der Waals surface area contributed by atoms with E-state index in [0.717, 1.165) is 25.7 Å². The zero-order chi connectivity index (χ0) is 20.8. The maximum absolute atomic E-state index is 13.0. The van der Waals surface area contributed by atoms with Crippen LogP contribution in [0.15, 0.2) is 23.1 Å². The number of carbonyl (C=O) groups excluding carboxylic acids is 1. The first kappa shape index (κ1) is 23.0. The summed E-state index contributed by atoms with van der Waals surface area (Å²) in [5.41, 5.74) is 0.302. The first-order valence-corrected chi connectivity index (χ1v) is 12.2. The molecule has 1 aromatic rings. The molecule has 1 aliphatic heterocycles. The fourth-order valence-corrected chi connectivity index (χ4v) is 5.09. The van der Waals surface area contributed by atoms with E-state index in [1.165, 1.54) is 19.2 Å². The highest BCUT2D eigenvalue weighted by Crippen LogP contribution is 2.26. The number of carbonyl (C=O) groups is 1. The highest BCUT2D eigenvalue weighted by molar-refractivity contribution is 8.00. The van der Waals surface area contributed by atoms with Crippen molar-refractivity contribution in [1.82, 2.24) is 9.62 Å². The van der Waals surface area contributed by atoms with E-state index in [1.54, 1.807) is 22.7 Å². The Kier molecular flexibility index (Phi) is 8.21. The van der Waals surface area contributed by atoms with Crippen LogP contribution in [0.25, 0.3) is 0 Å². The molecule has 0 aliphatic carbocycles. The molecule has 0 spiro atoms. The fraction of sp³-hybridized carbons (Fsp3) is 0.650. The first-order valence-electron chi connectivity index (χ1n) is 9.75. The van der Waals surface area contributed by atoms with Gasteiger partial charge in [0, 0.05) is 30.1 Å². The van der Waals surface area contributed by atoms with Gasteiger partial charge in [-0.15, -0.1) is 0 Å². The maximum Gasteiger partial charge on any atom is 0.257 e. The number of amides is 1. The van der Waals surface area contributed by atoms with Gasteiger partial charge in [-0.25, -0.2) is 13.1 Å². The summed E-state index contributed by atoms with van der Waals surface area (Å²) >= 11 is 1.70. The molecule has 28 heavy (non-hydrogen) atoms. The van der Waals surface area contributed by atoms with Gasteiger partial charge in [0.25, 0.3) is 5.91 Å². The van der Waals surface area contributed by atoms with Crippen molar-refractivity contribution < 1.29 is 17.9 Å². The number of thioether (sulfide) groups is 1. The van der Waals surface area contributed by atoms with E-state index in [0.29, 0.717) is 36.7 Å². The number of nitrogens with one attached hydrogen (secondary N) is 1. The Morgan fingerprint density at radius 3 is 2.39 bits per heavy atom. The topological polar surface area (TPSA) is 75.7 Å². The van der Waals surface area contributed by atoms with Gasteiger partial charge in [-0.05, 0) is 31.0 Å². The number of ether oxygens (including phenoxy) is 1. The number of nitrogens with zero attached hydrogens (tertiary/aromatic N) is 1. The van der Waals surface area contributed by atoms with E-state index in [9.17, 15) is 13.2 Å². The number of hydrogen-bond acceptors (Lipinski definition) is 5. The van der Waals surface area contributed by atoms with Crippen molar-refractivity contribution in [3.8, 4) is 5.75 Å². The molecular weight excluding hydrogens is 396 g/mol. The van der Waals surface area contributed by atoms with Crippen molar-refractivity contribution in [2.75, 3.05) is 32.5 Å². The number of methoxy groups -OCH3 is 1. The third kappa shape index (κ3) is 6.67. The van der Waals surface area contributed by atoms with Gasteiger partial charge < -0.3 is 9.64 Å². The number of rotatable bonds is 7. The predicted octanol–water partition coefficient (Wildman–Crippen LogP) is 3.52. The summed E-state index contributed by atoms with van der Waals surface area (Å²) in [6.07, 6.45) is 4.18. The smallest absolute Gasteiger partial charge is 0.257 e. The Labute approximate surface area is 173 Å². The van der Waals surface area contributed by atoms with Crippen LogP contribution in [0.4, 0.5) is 0 Å². The zero-order valence-electron chi connectivity index (χ0n) is 17.3. The second-order valence-corrected chi connectivity index (χ2v) is 11.6. The second-order valence-electron chi connectivity index (χ2n) is 7.93. The number of sulfonamides is 1. The SMILES string of the molecule is COc1ccc(S(=O)(=O)NCCSC(C)(C)C)cc1C(=O)N1CCCCCC1. The van der Waals surface area contributed by atoms with Crippen LogP contribution < -0.4 is 9.46 Å². The highest BCUT2D eigenvalue weighted by atomic mass is 32.2. The minimum absolute atomic E-state index is 0.0816. The molecule has 1 heterocycles. The Bertz CT molecular complexity index is 765. The maximum atomic E-state index is 13.0. The predicted molar refractivity (Wildman–Crippen MR) is 115 cm³/mol. The van der Waals surface area contributed by atoms with Gasteiger partial charge in [-0.3, -0.25) is 4.79 Å². The summed E-state index contributed by atoms with van der Waals surface area (Å²) < 4.78 is 33.4. The molecule has 1 saturated heterocycles. The van der Waals surface area contributed by atoms with Crippen molar-refractivity contribution >= 4 is 27.7 Å². The van der Waals surface area contributed by atoms with Gasteiger partial charge in [0.2, 0.25) is 10.0 Å². The number of benzene rings is 1. The third-order valence-electron chi connectivity index (χ3n) is 4.53. The van der Waals surface area contributed by atoms with Crippen LogP contribution in [-0.4, -0.2) is 56.5 Å². The molecule has 1 aromatic carbocycles. The molecular formula is C20H32N2O4S2. The summed E-state index contributed by atoms with van der Waals surface area (Å²) in [6.45, 7) is 8.01. The van der Waals surface area contributed by atoms with E-state index in [-0.39, 0.29) is 15.5 Å². The van der Waals surface area contributed by atoms with Gasteiger partial charge in [0.15, 0.2) is 0 Å². The number of likely N-dealkylation sites (tertiary alicyclic amines) is 1. The van der Waals surface area contributed by atoms with Crippen LogP contribution in [-0.2, 0) is 10.0 Å². The fourth-order valence-electron chi connectivity index (χ4n) is 3.08. The molecule has 158 valence electrons. The van der Waals surface area contributed by atoms with Gasteiger partial charge in [0.05, 0.1) is 17.6 Å². The lowest BCUT2D eigenvalue weighted by molar-refractivity contribution is 0.0758. The Balaban J connectivity index is 2.17. The monoisotopic (exact) mass is 428 g/mol. The lowest BCUT2D eigenvalue weighted by atomic mass is 10.1. The van der Waals surface area contributed by atoms with Gasteiger partial charge in [-0.2, -0.15) is 11.8 Å². The average Bonchev–Trinajstić information content (AvgIpc) is 2.93. The highest BCUT2D eigenvalue weighted by Gasteiger charge is 2.24. The van der Waals surface area contributed by atoms with Crippen molar-refractivity contribution in [2.24, 2.45) is 0 Å². The second kappa shape index (κ2) is 9.98. The third-order valence-corrected chi connectivity index (χ3v) is 7.27. The van der Waals surface area contributed by atoms with E-state index in [4.69, 9.17) is 4.74 Å². The molecule has 1 amide bonds. The summed E-state index contributed by atoms with van der Waals surface area (Å²) in [6, 6.07) is 4.48. The van der Waals surface area contributed by atoms with Crippen molar-refractivity contribution in [3.63, 3.8) is 0 Å². The minimum atomic E-state index is -3.69. The van der Waals surface area contributed by atoms with E-state index in [2.05, 4.69) is 25.5 Å². The molecule has 1 N–H and O–H groups in total.